The lowest BCUT2D eigenvalue weighted by molar-refractivity contribution is -0.0508. The molecule has 102 valence electrons. The van der Waals surface area contributed by atoms with Gasteiger partial charge in [-0.25, -0.2) is 4.98 Å². The summed E-state index contributed by atoms with van der Waals surface area (Å²) in [5, 5.41) is 28.8. The summed E-state index contributed by atoms with van der Waals surface area (Å²) in [5.74, 6) is 0. The normalized spacial score (nSPS) is 31.1. The summed E-state index contributed by atoms with van der Waals surface area (Å²) in [4.78, 5) is 4.18. The summed E-state index contributed by atoms with van der Waals surface area (Å²) in [7, 11) is 0. The van der Waals surface area contributed by atoms with Gasteiger partial charge in [0.15, 0.2) is 6.23 Å². The number of para-hydroxylation sites is 1. The monoisotopic (exact) mass is 265 g/mol. The molecule has 1 saturated heterocycles. The third kappa shape index (κ3) is 1.79. The number of nitrogen functional groups attached to an aromatic ring is 1. The predicted molar refractivity (Wildman–Crippen MR) is 67.2 cm³/mol. The third-order valence-electron chi connectivity index (χ3n) is 3.43. The Morgan fingerprint density at radius 1 is 1.32 bits per heavy atom. The second-order valence-electron chi connectivity index (χ2n) is 4.60. The van der Waals surface area contributed by atoms with Crippen molar-refractivity contribution in [2.45, 2.75) is 24.5 Å². The van der Waals surface area contributed by atoms with E-state index >= 15 is 0 Å². The molecule has 5 N–H and O–H groups in total. The molecular weight excluding hydrogens is 250 g/mol. The molecule has 4 atom stereocenters. The fraction of sp³-hybridized carbons (Fsp3) is 0.417. The number of aromatic nitrogens is 2. The molecule has 1 aromatic heterocycles. The van der Waals surface area contributed by atoms with Gasteiger partial charge in [0.25, 0.3) is 0 Å². The average molecular weight is 265 g/mol. The van der Waals surface area contributed by atoms with Gasteiger partial charge < -0.3 is 30.4 Å². The molecular formula is C12H15N3O4. The molecule has 0 radical (unpaired) electrons. The van der Waals surface area contributed by atoms with Crippen LogP contribution < -0.4 is 5.73 Å². The number of fused-ring (bicyclic) bond motifs is 1. The van der Waals surface area contributed by atoms with Gasteiger partial charge in [0.2, 0.25) is 0 Å². The van der Waals surface area contributed by atoms with Crippen LogP contribution in [-0.4, -0.2) is 49.8 Å². The number of anilines is 1. The van der Waals surface area contributed by atoms with Crippen molar-refractivity contribution in [2.24, 2.45) is 0 Å². The van der Waals surface area contributed by atoms with Crippen molar-refractivity contribution in [3.8, 4) is 0 Å². The zero-order chi connectivity index (χ0) is 13.6. The van der Waals surface area contributed by atoms with Crippen molar-refractivity contribution < 1.29 is 20.1 Å². The first-order valence-corrected chi connectivity index (χ1v) is 5.97. The number of imidazole rings is 1. The molecule has 1 aliphatic rings. The van der Waals surface area contributed by atoms with Gasteiger partial charge in [-0.05, 0) is 12.1 Å². The summed E-state index contributed by atoms with van der Waals surface area (Å²) in [6.45, 7) is -0.358. The Balaban J connectivity index is 2.04. The van der Waals surface area contributed by atoms with Gasteiger partial charge in [-0.3, -0.25) is 0 Å². The standard InChI is InChI=1S/C12H15N3O4/c13-6-2-1-3-7-9(6)14-5-15(7)12-11(18)10(17)8(4-16)19-12/h1-3,5,8,10-12,16-18H,4,13H2/t8-,10+,11?,12-/m1/s1. The molecule has 2 heterocycles. The molecule has 19 heavy (non-hydrogen) atoms. The van der Waals surface area contributed by atoms with Crippen LogP contribution in [0.2, 0.25) is 0 Å². The van der Waals surface area contributed by atoms with Gasteiger partial charge in [0.05, 0.1) is 24.1 Å². The van der Waals surface area contributed by atoms with Crippen LogP contribution in [0.3, 0.4) is 0 Å². The van der Waals surface area contributed by atoms with Gasteiger partial charge in [-0.15, -0.1) is 0 Å². The zero-order valence-electron chi connectivity index (χ0n) is 10.0. The molecule has 1 aliphatic heterocycles. The Morgan fingerprint density at radius 2 is 2.11 bits per heavy atom. The van der Waals surface area contributed by atoms with E-state index in [-0.39, 0.29) is 6.61 Å². The Kier molecular flexibility index (Phi) is 2.90. The lowest BCUT2D eigenvalue weighted by atomic mass is 10.1. The highest BCUT2D eigenvalue weighted by Gasteiger charge is 2.43. The van der Waals surface area contributed by atoms with Crippen molar-refractivity contribution in [1.82, 2.24) is 9.55 Å². The minimum absolute atomic E-state index is 0.358. The highest BCUT2D eigenvalue weighted by Crippen LogP contribution is 2.32. The second-order valence-corrected chi connectivity index (χ2v) is 4.60. The van der Waals surface area contributed by atoms with E-state index in [4.69, 9.17) is 15.6 Å². The van der Waals surface area contributed by atoms with E-state index in [2.05, 4.69) is 4.98 Å². The smallest absolute Gasteiger partial charge is 0.164 e. The number of nitrogens with two attached hydrogens (primary N) is 1. The van der Waals surface area contributed by atoms with E-state index in [9.17, 15) is 10.2 Å². The number of hydrogen-bond acceptors (Lipinski definition) is 6. The molecule has 7 heteroatoms. The molecule has 1 fully saturated rings. The topological polar surface area (TPSA) is 114 Å². The van der Waals surface area contributed by atoms with Crippen LogP contribution >= 0.6 is 0 Å². The maximum Gasteiger partial charge on any atom is 0.164 e. The summed E-state index contributed by atoms with van der Waals surface area (Å²) in [6.07, 6.45) is -2.36. The first-order valence-electron chi connectivity index (χ1n) is 5.97. The summed E-state index contributed by atoms with van der Waals surface area (Å²) in [5.41, 5.74) is 7.66. The number of ether oxygens (including phenoxy) is 1. The molecule has 7 nitrogen and oxygen atoms in total. The number of aliphatic hydroxyl groups excluding tert-OH is 3. The SMILES string of the molecule is Nc1cccc2c1ncn2[C@@H]1O[C@H](CO)[C@H](O)C1O. The van der Waals surface area contributed by atoms with Crippen LogP contribution in [0.4, 0.5) is 5.69 Å². The minimum atomic E-state index is -1.13. The van der Waals surface area contributed by atoms with Gasteiger partial charge in [0.1, 0.15) is 23.8 Å². The van der Waals surface area contributed by atoms with Crippen molar-refractivity contribution in [3.05, 3.63) is 24.5 Å². The van der Waals surface area contributed by atoms with Crippen LogP contribution in [0.15, 0.2) is 24.5 Å². The Hall–Kier alpha value is -1.67. The van der Waals surface area contributed by atoms with Crippen molar-refractivity contribution in [1.29, 1.82) is 0 Å². The van der Waals surface area contributed by atoms with Crippen LogP contribution in [0.1, 0.15) is 6.23 Å². The van der Waals surface area contributed by atoms with E-state index in [1.165, 1.54) is 6.33 Å². The van der Waals surface area contributed by atoms with Crippen molar-refractivity contribution in [3.63, 3.8) is 0 Å². The van der Waals surface area contributed by atoms with E-state index in [1.54, 1.807) is 22.8 Å². The van der Waals surface area contributed by atoms with Gasteiger partial charge in [0, 0.05) is 0 Å². The Morgan fingerprint density at radius 3 is 2.79 bits per heavy atom. The maximum absolute atomic E-state index is 9.99. The van der Waals surface area contributed by atoms with E-state index in [1.807, 2.05) is 0 Å². The molecule has 1 unspecified atom stereocenters. The second kappa shape index (κ2) is 4.46. The Bertz CT molecular complexity index is 600. The maximum atomic E-state index is 9.99. The quantitative estimate of drug-likeness (QED) is 0.530. The van der Waals surface area contributed by atoms with Crippen LogP contribution in [0, 0.1) is 0 Å². The number of benzene rings is 1. The lowest BCUT2D eigenvalue weighted by Gasteiger charge is -2.17. The fourth-order valence-electron chi connectivity index (χ4n) is 2.39. The van der Waals surface area contributed by atoms with Gasteiger partial charge in [-0.1, -0.05) is 6.07 Å². The van der Waals surface area contributed by atoms with E-state index in [0.717, 1.165) is 0 Å². The molecule has 1 aromatic carbocycles. The average Bonchev–Trinajstić information content (AvgIpc) is 2.94. The number of hydrogen-bond donors (Lipinski definition) is 4. The predicted octanol–water partition coefficient (Wildman–Crippen LogP) is -0.770. The van der Waals surface area contributed by atoms with Crippen LogP contribution in [0.5, 0.6) is 0 Å². The third-order valence-corrected chi connectivity index (χ3v) is 3.43. The number of aliphatic hydroxyl groups is 3. The highest BCUT2D eigenvalue weighted by molar-refractivity contribution is 5.87. The summed E-state index contributed by atoms with van der Waals surface area (Å²) >= 11 is 0. The summed E-state index contributed by atoms with van der Waals surface area (Å²) < 4.78 is 7.07. The van der Waals surface area contributed by atoms with E-state index < -0.39 is 24.5 Å². The molecule has 2 aromatic rings. The van der Waals surface area contributed by atoms with E-state index in [0.29, 0.717) is 16.7 Å². The van der Waals surface area contributed by atoms with Crippen molar-refractivity contribution >= 4 is 16.7 Å². The summed E-state index contributed by atoms with van der Waals surface area (Å²) in [6, 6.07) is 5.31. The number of rotatable bonds is 2. The molecule has 0 spiro atoms. The van der Waals surface area contributed by atoms with Crippen molar-refractivity contribution in [2.75, 3.05) is 12.3 Å². The molecule has 0 amide bonds. The first-order chi connectivity index (χ1) is 9.13. The van der Waals surface area contributed by atoms with Crippen LogP contribution in [0.25, 0.3) is 11.0 Å². The molecule has 0 aliphatic carbocycles. The van der Waals surface area contributed by atoms with Crippen LogP contribution in [-0.2, 0) is 4.74 Å². The molecule has 3 rings (SSSR count). The van der Waals surface area contributed by atoms with Gasteiger partial charge in [-0.2, -0.15) is 0 Å². The minimum Gasteiger partial charge on any atom is -0.397 e. The lowest BCUT2D eigenvalue weighted by Crippen LogP contribution is -2.33. The number of nitrogens with zero attached hydrogens (tertiary/aromatic N) is 2. The highest BCUT2D eigenvalue weighted by atomic mass is 16.6. The first kappa shape index (κ1) is 12.4. The largest absolute Gasteiger partial charge is 0.397 e. The molecule has 0 bridgehead atoms. The Labute approximate surface area is 108 Å². The fourth-order valence-corrected chi connectivity index (χ4v) is 2.39. The zero-order valence-corrected chi connectivity index (χ0v) is 10.0. The van der Waals surface area contributed by atoms with Gasteiger partial charge >= 0.3 is 0 Å². The molecule has 0 saturated carbocycles.